The van der Waals surface area contributed by atoms with Gasteiger partial charge in [-0.15, -0.1) is 0 Å². The minimum Gasteiger partial charge on any atom is -0.310 e. The van der Waals surface area contributed by atoms with E-state index in [0.29, 0.717) is 17.8 Å². The predicted octanol–water partition coefficient (Wildman–Crippen LogP) is 14.3. The Labute approximate surface area is 311 Å². The number of fused-ring (bicyclic) bond motifs is 5. The first-order chi connectivity index (χ1) is 25.4. The van der Waals surface area contributed by atoms with E-state index in [-0.39, 0.29) is 5.41 Å². The maximum atomic E-state index is 2.53. The summed E-state index contributed by atoms with van der Waals surface area (Å²) in [7, 11) is 0. The van der Waals surface area contributed by atoms with E-state index in [4.69, 9.17) is 0 Å². The van der Waals surface area contributed by atoms with Gasteiger partial charge in [0.1, 0.15) is 0 Å². The lowest BCUT2D eigenvalue weighted by atomic mass is 9.73. The summed E-state index contributed by atoms with van der Waals surface area (Å²) in [6.07, 6.45) is 17.5. The van der Waals surface area contributed by atoms with E-state index in [9.17, 15) is 0 Å². The van der Waals surface area contributed by atoms with Gasteiger partial charge in [0, 0.05) is 28.4 Å². The number of hydrogen-bond acceptors (Lipinski definition) is 1. The zero-order chi connectivity index (χ0) is 35.0. The number of hydrogen-bond donors (Lipinski definition) is 0. The van der Waals surface area contributed by atoms with Gasteiger partial charge in [-0.25, -0.2) is 0 Å². The number of anilines is 3. The molecule has 5 aromatic carbocycles. The summed E-state index contributed by atoms with van der Waals surface area (Å²) < 4.78 is 0. The van der Waals surface area contributed by atoms with Crippen LogP contribution in [0.25, 0.3) is 16.3 Å². The molecule has 262 valence electrons. The van der Waals surface area contributed by atoms with Crippen LogP contribution >= 0.6 is 0 Å². The third kappa shape index (κ3) is 5.25. The minimum absolute atomic E-state index is 0.0721. The van der Waals surface area contributed by atoms with Gasteiger partial charge in [0.2, 0.25) is 0 Å². The summed E-state index contributed by atoms with van der Waals surface area (Å²) in [6, 6.07) is 42.5. The molecule has 3 saturated carbocycles. The molecule has 3 fully saturated rings. The fraction of sp³-hybridized carbons (Fsp3) is 0.373. The van der Waals surface area contributed by atoms with E-state index < -0.39 is 0 Å². The first-order valence-corrected chi connectivity index (χ1v) is 20.5. The van der Waals surface area contributed by atoms with Gasteiger partial charge in [0.25, 0.3) is 0 Å². The third-order valence-corrected chi connectivity index (χ3v) is 14.4. The van der Waals surface area contributed by atoms with Crippen LogP contribution in [-0.2, 0) is 5.41 Å². The van der Waals surface area contributed by atoms with Crippen molar-refractivity contribution in [1.82, 2.24) is 0 Å². The Bertz CT molecular complexity index is 2190. The lowest BCUT2D eigenvalue weighted by molar-refractivity contribution is 0.420. The van der Waals surface area contributed by atoms with Crippen molar-refractivity contribution in [3.05, 3.63) is 155 Å². The molecule has 0 radical (unpaired) electrons. The molecule has 52 heavy (non-hydrogen) atoms. The van der Waals surface area contributed by atoms with Crippen LogP contribution in [0, 0.1) is 17.8 Å². The monoisotopic (exact) mass is 679 g/mol. The summed E-state index contributed by atoms with van der Waals surface area (Å²) in [4.78, 5) is 2.53. The molecule has 0 N–H and O–H groups in total. The molecule has 1 nitrogen and oxygen atoms in total. The number of benzene rings is 5. The van der Waals surface area contributed by atoms with Gasteiger partial charge in [-0.2, -0.15) is 0 Å². The molecule has 1 heteroatoms. The summed E-state index contributed by atoms with van der Waals surface area (Å²) in [5, 5.41) is 2.70. The molecule has 5 aromatic rings. The van der Waals surface area contributed by atoms with Gasteiger partial charge < -0.3 is 4.90 Å². The summed E-state index contributed by atoms with van der Waals surface area (Å²) >= 11 is 0. The maximum absolute atomic E-state index is 2.53. The fourth-order valence-corrected chi connectivity index (χ4v) is 11.6. The molecule has 5 atom stereocenters. The Balaban J connectivity index is 1.02. The predicted molar refractivity (Wildman–Crippen MR) is 220 cm³/mol. The smallest absolute Gasteiger partial charge is 0.0465 e. The molecule has 0 aromatic heterocycles. The first-order valence-electron chi connectivity index (χ1n) is 20.5. The zero-order valence-corrected chi connectivity index (χ0v) is 31.3. The Morgan fingerprint density at radius 1 is 0.654 bits per heavy atom. The highest BCUT2D eigenvalue weighted by Crippen LogP contribution is 2.57. The first kappa shape index (κ1) is 32.3. The van der Waals surface area contributed by atoms with Crippen molar-refractivity contribution in [3.63, 3.8) is 0 Å². The van der Waals surface area contributed by atoms with Crippen molar-refractivity contribution in [1.29, 1.82) is 0 Å². The van der Waals surface area contributed by atoms with Gasteiger partial charge in [-0.3, -0.25) is 0 Å². The van der Waals surface area contributed by atoms with Crippen molar-refractivity contribution in [2.75, 3.05) is 4.90 Å². The van der Waals surface area contributed by atoms with Crippen molar-refractivity contribution in [2.45, 2.75) is 102 Å². The van der Waals surface area contributed by atoms with Crippen molar-refractivity contribution in [3.8, 4) is 0 Å². The quantitative estimate of drug-likeness (QED) is 0.173. The van der Waals surface area contributed by atoms with Gasteiger partial charge in [0.15, 0.2) is 0 Å². The molecule has 0 amide bonds. The Kier molecular flexibility index (Phi) is 7.86. The highest BCUT2D eigenvalue weighted by Gasteiger charge is 2.43. The molecule has 2 bridgehead atoms. The second-order valence-electron chi connectivity index (χ2n) is 17.6. The van der Waals surface area contributed by atoms with Crippen LogP contribution < -0.4 is 4.90 Å². The van der Waals surface area contributed by atoms with Gasteiger partial charge in [0.05, 0.1) is 0 Å². The Morgan fingerprint density at radius 3 is 2.10 bits per heavy atom. The minimum atomic E-state index is -0.0721. The van der Waals surface area contributed by atoms with Crippen LogP contribution in [0.4, 0.5) is 17.1 Å². The lowest BCUT2D eigenvalue weighted by Gasteiger charge is -2.31. The average Bonchev–Trinajstić information content (AvgIpc) is 3.89. The second kappa shape index (κ2) is 12.6. The van der Waals surface area contributed by atoms with Crippen LogP contribution in [0.2, 0.25) is 0 Å². The molecular formula is C51H53N. The number of rotatable bonds is 6. The SMILES string of the molecule is CC1C2=C(C=CC1c1cccc3ccccc13)C(C)(C)c1cc(N(c3ccc(C4CCCCC4)cc3)c3ccc(C4CC5CCC4C5)cc3)ccc12. The molecule has 0 saturated heterocycles. The van der Waals surface area contributed by atoms with Crippen LogP contribution in [0.3, 0.4) is 0 Å². The molecule has 5 aliphatic rings. The van der Waals surface area contributed by atoms with Gasteiger partial charge in [-0.05, 0) is 148 Å². The number of nitrogens with zero attached hydrogens (tertiary/aromatic N) is 1. The fourth-order valence-electron chi connectivity index (χ4n) is 11.6. The summed E-state index contributed by atoms with van der Waals surface area (Å²) in [5.41, 5.74) is 14.1. The molecule has 0 heterocycles. The standard InChI is InChI=1S/C51H53N/c1-33-43(45-15-9-13-37-12-7-8-14-44(37)45)28-29-48-50(33)46-27-26-42(32-49(46)51(48,2)3)52(40-22-18-36(19-23-40)35-10-5-4-6-11-35)41-24-20-38(21-25-41)47-31-34-16-17-39(47)30-34/h7-9,12-15,18-29,32-35,39,43,47H,4-6,10-11,16-17,30-31H2,1-3H3. The normalized spacial score (nSPS) is 26.2. The summed E-state index contributed by atoms with van der Waals surface area (Å²) in [5.74, 6) is 4.06. The second-order valence-corrected chi connectivity index (χ2v) is 17.6. The third-order valence-electron chi connectivity index (χ3n) is 14.4. The zero-order valence-electron chi connectivity index (χ0n) is 31.3. The van der Waals surface area contributed by atoms with E-state index >= 15 is 0 Å². The van der Waals surface area contributed by atoms with Crippen LogP contribution in [0.1, 0.15) is 124 Å². The molecular weight excluding hydrogens is 627 g/mol. The number of allylic oxidation sites excluding steroid dienone is 4. The molecule has 0 aliphatic heterocycles. The highest BCUT2D eigenvalue weighted by atomic mass is 15.1. The van der Waals surface area contributed by atoms with Gasteiger partial charge >= 0.3 is 0 Å². The van der Waals surface area contributed by atoms with E-state index in [1.165, 1.54) is 119 Å². The van der Waals surface area contributed by atoms with E-state index in [1.54, 1.807) is 5.56 Å². The van der Waals surface area contributed by atoms with Crippen LogP contribution in [-0.4, -0.2) is 0 Å². The Morgan fingerprint density at radius 2 is 1.37 bits per heavy atom. The average molecular weight is 680 g/mol. The highest BCUT2D eigenvalue weighted by molar-refractivity contribution is 5.90. The van der Waals surface area contributed by atoms with E-state index in [0.717, 1.165) is 17.8 Å². The van der Waals surface area contributed by atoms with E-state index in [1.807, 2.05) is 0 Å². The van der Waals surface area contributed by atoms with E-state index in [2.05, 4.69) is 147 Å². The molecule has 0 spiro atoms. The lowest BCUT2D eigenvalue weighted by Crippen LogP contribution is -2.20. The van der Waals surface area contributed by atoms with Gasteiger partial charge in [-0.1, -0.05) is 131 Å². The Hall–Kier alpha value is -4.36. The molecule has 5 aliphatic carbocycles. The van der Waals surface area contributed by atoms with Crippen molar-refractivity contribution >= 4 is 33.4 Å². The topological polar surface area (TPSA) is 3.24 Å². The largest absolute Gasteiger partial charge is 0.310 e. The van der Waals surface area contributed by atoms with Crippen molar-refractivity contribution in [2.24, 2.45) is 17.8 Å². The van der Waals surface area contributed by atoms with Crippen LogP contribution in [0.15, 0.2) is 127 Å². The van der Waals surface area contributed by atoms with Crippen molar-refractivity contribution < 1.29 is 0 Å². The summed E-state index contributed by atoms with van der Waals surface area (Å²) in [6.45, 7) is 7.35. The molecule has 10 rings (SSSR count). The maximum Gasteiger partial charge on any atom is 0.0465 e. The van der Waals surface area contributed by atoms with Crippen LogP contribution in [0.5, 0.6) is 0 Å². The molecule has 5 unspecified atom stereocenters.